The molecule has 1 aromatic rings. The summed E-state index contributed by atoms with van der Waals surface area (Å²) in [4.78, 5) is 11.9. The number of ether oxygens (including phenoxy) is 2. The van der Waals surface area contributed by atoms with Crippen LogP contribution in [0.15, 0.2) is 30.3 Å². The summed E-state index contributed by atoms with van der Waals surface area (Å²) < 4.78 is 10.7. The number of carbonyl (C=O) groups is 1. The van der Waals surface area contributed by atoms with E-state index in [2.05, 4.69) is 5.32 Å². The van der Waals surface area contributed by atoms with Crippen molar-refractivity contribution < 1.29 is 14.3 Å². The van der Waals surface area contributed by atoms with Gasteiger partial charge < -0.3 is 14.8 Å². The molecule has 1 aliphatic carbocycles. The molecule has 0 bridgehead atoms. The lowest BCUT2D eigenvalue weighted by atomic mass is 9.60. The second-order valence-electron chi connectivity index (χ2n) is 5.41. The topological polar surface area (TPSA) is 47.6 Å². The molecule has 102 valence electrons. The van der Waals surface area contributed by atoms with E-state index < -0.39 is 0 Å². The van der Waals surface area contributed by atoms with Crippen LogP contribution in [-0.4, -0.2) is 25.3 Å². The molecule has 1 heterocycles. The van der Waals surface area contributed by atoms with Crippen LogP contribution in [0.2, 0.25) is 0 Å². The van der Waals surface area contributed by atoms with Crippen LogP contribution in [0.5, 0.6) is 5.75 Å². The Morgan fingerprint density at radius 3 is 2.58 bits per heavy atom. The van der Waals surface area contributed by atoms with Gasteiger partial charge in [-0.2, -0.15) is 0 Å². The van der Waals surface area contributed by atoms with Gasteiger partial charge in [0.2, 0.25) is 0 Å². The molecule has 4 heteroatoms. The van der Waals surface area contributed by atoms with Crippen LogP contribution < -0.4 is 10.1 Å². The summed E-state index contributed by atoms with van der Waals surface area (Å²) in [5.41, 5.74) is 0.258. The molecule has 4 nitrogen and oxygen atoms in total. The maximum Gasteiger partial charge on any atom is 0.412 e. The number of rotatable bonds is 2. The van der Waals surface area contributed by atoms with Gasteiger partial charge in [-0.25, -0.2) is 4.79 Å². The molecule has 3 rings (SSSR count). The van der Waals surface area contributed by atoms with Crippen LogP contribution in [0.25, 0.3) is 0 Å². The van der Waals surface area contributed by atoms with E-state index in [9.17, 15) is 4.79 Å². The maximum atomic E-state index is 11.9. The quantitative estimate of drug-likeness (QED) is 0.890. The van der Waals surface area contributed by atoms with Crippen molar-refractivity contribution in [2.75, 3.05) is 13.2 Å². The summed E-state index contributed by atoms with van der Waals surface area (Å²) >= 11 is 0. The Kier molecular flexibility index (Phi) is 3.42. The number of nitrogens with one attached hydrogen (secondary N) is 1. The van der Waals surface area contributed by atoms with E-state index in [0.717, 1.165) is 32.5 Å². The van der Waals surface area contributed by atoms with Crippen LogP contribution in [0.1, 0.15) is 25.7 Å². The van der Waals surface area contributed by atoms with Crippen molar-refractivity contribution in [2.24, 2.45) is 5.41 Å². The lowest BCUT2D eigenvalue weighted by molar-refractivity contribution is -0.0524. The molecule has 1 spiro atoms. The zero-order valence-electron chi connectivity index (χ0n) is 10.9. The molecular formula is C15H19NO3. The Labute approximate surface area is 113 Å². The monoisotopic (exact) mass is 261 g/mol. The van der Waals surface area contributed by atoms with Crippen molar-refractivity contribution in [1.82, 2.24) is 5.32 Å². The average Bonchev–Trinajstić information content (AvgIpc) is 2.46. The molecule has 1 N–H and O–H groups in total. The van der Waals surface area contributed by atoms with Crippen LogP contribution in [0.4, 0.5) is 4.79 Å². The third kappa shape index (κ3) is 2.59. The van der Waals surface area contributed by atoms with Crippen molar-refractivity contribution in [3.63, 3.8) is 0 Å². The Morgan fingerprint density at radius 1 is 1.21 bits per heavy atom. The van der Waals surface area contributed by atoms with Gasteiger partial charge in [-0.3, -0.25) is 0 Å². The number of hydrogen-bond donors (Lipinski definition) is 1. The van der Waals surface area contributed by atoms with Crippen molar-refractivity contribution in [3.8, 4) is 5.75 Å². The summed E-state index contributed by atoms with van der Waals surface area (Å²) in [6, 6.07) is 9.41. The van der Waals surface area contributed by atoms with Crippen LogP contribution in [0, 0.1) is 5.41 Å². The predicted octanol–water partition coefficient (Wildman–Crippen LogP) is 2.73. The minimum Gasteiger partial charge on any atom is -0.410 e. The largest absolute Gasteiger partial charge is 0.412 e. The predicted molar refractivity (Wildman–Crippen MR) is 71.1 cm³/mol. The van der Waals surface area contributed by atoms with Gasteiger partial charge in [-0.15, -0.1) is 0 Å². The molecule has 1 saturated carbocycles. The van der Waals surface area contributed by atoms with E-state index in [1.165, 1.54) is 6.42 Å². The second kappa shape index (κ2) is 5.21. The standard InChI is InChI=1S/C15H19NO3/c17-14(19-12-4-2-1-3-5-12)16-13-6-7-15(13)8-10-18-11-9-15/h1-5,13H,6-11H2,(H,16,17). The number of carbonyl (C=O) groups excluding carboxylic acids is 1. The molecule has 1 atom stereocenters. The third-order valence-corrected chi connectivity index (χ3v) is 4.40. The van der Waals surface area contributed by atoms with Gasteiger partial charge in [-0.05, 0) is 43.2 Å². The fraction of sp³-hybridized carbons (Fsp3) is 0.533. The maximum absolute atomic E-state index is 11.9. The van der Waals surface area contributed by atoms with Crippen molar-refractivity contribution in [1.29, 1.82) is 0 Å². The summed E-state index contributed by atoms with van der Waals surface area (Å²) in [7, 11) is 0. The summed E-state index contributed by atoms with van der Waals surface area (Å²) in [5, 5.41) is 3.01. The number of hydrogen-bond acceptors (Lipinski definition) is 3. The number of benzene rings is 1. The second-order valence-corrected chi connectivity index (χ2v) is 5.41. The molecule has 0 aromatic heterocycles. The highest BCUT2D eigenvalue weighted by Crippen LogP contribution is 2.48. The molecule has 19 heavy (non-hydrogen) atoms. The van der Waals surface area contributed by atoms with Crippen LogP contribution >= 0.6 is 0 Å². The van der Waals surface area contributed by atoms with Crippen molar-refractivity contribution in [3.05, 3.63) is 30.3 Å². The molecule has 1 aromatic carbocycles. The highest BCUT2D eigenvalue weighted by atomic mass is 16.6. The van der Waals surface area contributed by atoms with Gasteiger partial charge in [0.1, 0.15) is 5.75 Å². The molecule has 0 radical (unpaired) electrons. The van der Waals surface area contributed by atoms with Gasteiger partial charge in [0.15, 0.2) is 0 Å². The zero-order chi connectivity index (χ0) is 13.1. The molecule has 2 aliphatic rings. The smallest absolute Gasteiger partial charge is 0.410 e. The first-order valence-corrected chi connectivity index (χ1v) is 6.90. The SMILES string of the molecule is O=C(NC1CCC12CCOCC2)Oc1ccccc1. The van der Waals surface area contributed by atoms with Gasteiger partial charge in [0.05, 0.1) is 0 Å². The lowest BCUT2D eigenvalue weighted by Gasteiger charge is -2.51. The summed E-state index contributed by atoms with van der Waals surface area (Å²) in [6.45, 7) is 1.62. The molecule has 1 saturated heterocycles. The molecule has 2 fully saturated rings. The fourth-order valence-corrected chi connectivity index (χ4v) is 3.07. The van der Waals surface area contributed by atoms with Crippen molar-refractivity contribution >= 4 is 6.09 Å². The summed E-state index contributed by atoms with van der Waals surface area (Å²) in [5.74, 6) is 0.584. The first-order valence-electron chi connectivity index (χ1n) is 6.90. The highest BCUT2D eigenvalue weighted by molar-refractivity contribution is 5.71. The fourth-order valence-electron chi connectivity index (χ4n) is 3.07. The van der Waals surface area contributed by atoms with Crippen LogP contribution in [-0.2, 0) is 4.74 Å². The Hall–Kier alpha value is -1.55. The molecule has 1 amide bonds. The molecule has 1 aliphatic heterocycles. The minimum absolute atomic E-state index is 0.243. The van der Waals surface area contributed by atoms with Crippen LogP contribution in [0.3, 0.4) is 0 Å². The Bertz CT molecular complexity index is 440. The molecular weight excluding hydrogens is 242 g/mol. The van der Waals surface area contributed by atoms with E-state index in [4.69, 9.17) is 9.47 Å². The van der Waals surface area contributed by atoms with Gasteiger partial charge in [0, 0.05) is 19.3 Å². The first kappa shape index (κ1) is 12.5. The molecule has 1 unspecified atom stereocenters. The summed E-state index contributed by atoms with van der Waals surface area (Å²) in [6.07, 6.45) is 3.98. The third-order valence-electron chi connectivity index (χ3n) is 4.40. The number of amides is 1. The van der Waals surface area contributed by atoms with Gasteiger partial charge in [-0.1, -0.05) is 18.2 Å². The van der Waals surface area contributed by atoms with Gasteiger partial charge >= 0.3 is 6.09 Å². The average molecular weight is 261 g/mol. The first-order chi connectivity index (χ1) is 9.28. The number of para-hydroxylation sites is 1. The zero-order valence-corrected chi connectivity index (χ0v) is 10.9. The van der Waals surface area contributed by atoms with Gasteiger partial charge in [0.25, 0.3) is 0 Å². The van der Waals surface area contributed by atoms with E-state index in [1.807, 2.05) is 18.2 Å². The van der Waals surface area contributed by atoms with E-state index in [1.54, 1.807) is 12.1 Å². The van der Waals surface area contributed by atoms with E-state index in [0.29, 0.717) is 5.75 Å². The Balaban J connectivity index is 1.55. The Morgan fingerprint density at radius 2 is 1.95 bits per heavy atom. The highest BCUT2D eigenvalue weighted by Gasteiger charge is 2.48. The van der Waals surface area contributed by atoms with E-state index >= 15 is 0 Å². The normalized spacial score (nSPS) is 24.5. The van der Waals surface area contributed by atoms with Crippen molar-refractivity contribution in [2.45, 2.75) is 31.7 Å². The van der Waals surface area contributed by atoms with E-state index in [-0.39, 0.29) is 17.6 Å². The minimum atomic E-state index is -0.346. The lowest BCUT2D eigenvalue weighted by Crippen LogP contribution is -2.57.